The lowest BCUT2D eigenvalue weighted by Gasteiger charge is -2.05. The molecule has 0 atom stereocenters. The van der Waals surface area contributed by atoms with Crippen molar-refractivity contribution >= 4 is 0 Å². The van der Waals surface area contributed by atoms with E-state index in [1.165, 1.54) is 0 Å². The molecular weight excluding hydrogens is 202 g/mol. The lowest BCUT2D eigenvalue weighted by Crippen LogP contribution is -2.05. The largest absolute Gasteiger partial charge is 0.374 e. The number of aromatic nitrogens is 3. The summed E-state index contributed by atoms with van der Waals surface area (Å²) in [5.41, 5.74) is 2.93. The molecule has 1 N–H and O–H groups in total. The molecule has 0 radical (unpaired) electrons. The van der Waals surface area contributed by atoms with Gasteiger partial charge in [0.05, 0.1) is 5.69 Å². The summed E-state index contributed by atoms with van der Waals surface area (Å²) >= 11 is 0. The van der Waals surface area contributed by atoms with Gasteiger partial charge in [0.15, 0.2) is 0 Å². The molecule has 84 valence electrons. The molecule has 2 heterocycles. The molecule has 0 saturated carbocycles. The molecular formula is C12H15N3O. The molecule has 2 aromatic heterocycles. The van der Waals surface area contributed by atoms with Crippen LogP contribution in [0.2, 0.25) is 0 Å². The second-order valence-corrected chi connectivity index (χ2v) is 3.99. The first-order valence-corrected chi connectivity index (χ1v) is 5.31. The van der Waals surface area contributed by atoms with E-state index in [4.69, 9.17) is 0 Å². The highest BCUT2D eigenvalue weighted by atomic mass is 16.3. The zero-order chi connectivity index (χ0) is 11.5. The highest BCUT2D eigenvalue weighted by Gasteiger charge is 2.11. The van der Waals surface area contributed by atoms with E-state index >= 15 is 0 Å². The minimum Gasteiger partial charge on any atom is -0.374 e. The van der Waals surface area contributed by atoms with Gasteiger partial charge in [-0.1, -0.05) is 13.8 Å². The maximum absolute atomic E-state index is 9.22. The summed E-state index contributed by atoms with van der Waals surface area (Å²) in [5.74, 6) is 0.343. The molecule has 0 saturated heterocycles. The monoisotopic (exact) mass is 217 g/mol. The van der Waals surface area contributed by atoms with Crippen molar-refractivity contribution in [3.05, 3.63) is 36.3 Å². The Morgan fingerprint density at radius 3 is 2.50 bits per heavy atom. The smallest absolute Gasteiger partial charge is 0.136 e. The van der Waals surface area contributed by atoms with E-state index in [2.05, 4.69) is 23.9 Å². The van der Waals surface area contributed by atoms with E-state index in [0.717, 1.165) is 17.0 Å². The molecule has 4 heteroatoms. The molecule has 0 fully saturated rings. The van der Waals surface area contributed by atoms with Crippen LogP contribution in [0.4, 0.5) is 0 Å². The molecule has 0 aliphatic carbocycles. The van der Waals surface area contributed by atoms with Crippen LogP contribution in [0.5, 0.6) is 0 Å². The third-order valence-electron chi connectivity index (χ3n) is 2.51. The van der Waals surface area contributed by atoms with E-state index < -0.39 is 0 Å². The summed E-state index contributed by atoms with van der Waals surface area (Å²) in [5, 5.41) is 13.6. The Morgan fingerprint density at radius 2 is 2.00 bits per heavy atom. The number of pyridine rings is 1. The van der Waals surface area contributed by atoms with Crippen LogP contribution in [-0.2, 0) is 6.73 Å². The van der Waals surface area contributed by atoms with Gasteiger partial charge in [0, 0.05) is 23.7 Å². The molecule has 0 amide bonds. The number of aliphatic hydroxyl groups excluding tert-OH is 1. The lowest BCUT2D eigenvalue weighted by atomic mass is 10.1. The number of rotatable bonds is 3. The average molecular weight is 217 g/mol. The van der Waals surface area contributed by atoms with Crippen LogP contribution in [0, 0.1) is 0 Å². The molecule has 0 spiro atoms. The van der Waals surface area contributed by atoms with Gasteiger partial charge < -0.3 is 5.11 Å². The zero-order valence-corrected chi connectivity index (χ0v) is 9.46. The number of hydrogen-bond acceptors (Lipinski definition) is 3. The van der Waals surface area contributed by atoms with Crippen LogP contribution in [0.3, 0.4) is 0 Å². The van der Waals surface area contributed by atoms with Gasteiger partial charge >= 0.3 is 0 Å². The minimum absolute atomic E-state index is 0.0847. The molecule has 16 heavy (non-hydrogen) atoms. The SMILES string of the molecule is CC(C)c1cc(-c2ccncc2)nn1CO. The summed E-state index contributed by atoms with van der Waals surface area (Å²) in [4.78, 5) is 3.97. The fourth-order valence-electron chi connectivity index (χ4n) is 1.67. The van der Waals surface area contributed by atoms with Crippen LogP contribution < -0.4 is 0 Å². The Bertz CT molecular complexity index is 462. The number of hydrogen-bond donors (Lipinski definition) is 1. The van der Waals surface area contributed by atoms with E-state index in [1.807, 2.05) is 18.2 Å². The molecule has 2 rings (SSSR count). The van der Waals surface area contributed by atoms with Crippen molar-refractivity contribution in [2.75, 3.05) is 0 Å². The molecule has 2 aromatic rings. The summed E-state index contributed by atoms with van der Waals surface area (Å²) in [6, 6.07) is 5.83. The maximum atomic E-state index is 9.22. The van der Waals surface area contributed by atoms with E-state index in [9.17, 15) is 5.11 Å². The second-order valence-electron chi connectivity index (χ2n) is 3.99. The van der Waals surface area contributed by atoms with Crippen LogP contribution in [-0.4, -0.2) is 19.9 Å². The van der Waals surface area contributed by atoms with Gasteiger partial charge in [0.1, 0.15) is 6.73 Å². The summed E-state index contributed by atoms with van der Waals surface area (Å²) in [7, 11) is 0. The van der Waals surface area contributed by atoms with Gasteiger partial charge in [0.2, 0.25) is 0 Å². The highest BCUT2D eigenvalue weighted by Crippen LogP contribution is 2.22. The van der Waals surface area contributed by atoms with E-state index in [-0.39, 0.29) is 6.73 Å². The molecule has 4 nitrogen and oxygen atoms in total. The Morgan fingerprint density at radius 1 is 1.31 bits per heavy atom. The fourth-order valence-corrected chi connectivity index (χ4v) is 1.67. The van der Waals surface area contributed by atoms with Gasteiger partial charge in [-0.25, -0.2) is 4.68 Å². The average Bonchev–Trinajstić information content (AvgIpc) is 2.74. The Balaban J connectivity index is 2.44. The van der Waals surface area contributed by atoms with Crippen molar-refractivity contribution in [2.24, 2.45) is 0 Å². The predicted molar refractivity (Wildman–Crippen MR) is 61.8 cm³/mol. The van der Waals surface area contributed by atoms with Gasteiger partial charge in [-0.05, 0) is 24.1 Å². The lowest BCUT2D eigenvalue weighted by molar-refractivity contribution is 0.190. The number of nitrogens with zero attached hydrogens (tertiary/aromatic N) is 3. The standard InChI is InChI=1S/C12H15N3O/c1-9(2)12-7-11(14-15(12)8-16)10-3-5-13-6-4-10/h3-7,9,16H,8H2,1-2H3. The van der Waals surface area contributed by atoms with Crippen molar-refractivity contribution < 1.29 is 5.11 Å². The molecule has 0 unspecified atom stereocenters. The topological polar surface area (TPSA) is 50.9 Å². The molecule has 0 aromatic carbocycles. The summed E-state index contributed by atoms with van der Waals surface area (Å²) < 4.78 is 1.63. The van der Waals surface area contributed by atoms with Gasteiger partial charge in [-0.15, -0.1) is 0 Å². The third kappa shape index (κ3) is 1.97. The van der Waals surface area contributed by atoms with Crippen molar-refractivity contribution in [3.63, 3.8) is 0 Å². The first kappa shape index (κ1) is 10.8. The van der Waals surface area contributed by atoms with E-state index in [0.29, 0.717) is 5.92 Å². The predicted octanol–water partition coefficient (Wildman–Crippen LogP) is 2.02. The molecule has 0 bridgehead atoms. The first-order chi connectivity index (χ1) is 7.72. The fraction of sp³-hybridized carbons (Fsp3) is 0.333. The van der Waals surface area contributed by atoms with Crippen LogP contribution in [0.25, 0.3) is 11.3 Å². The van der Waals surface area contributed by atoms with Gasteiger partial charge in [0.25, 0.3) is 0 Å². The first-order valence-electron chi connectivity index (χ1n) is 5.31. The quantitative estimate of drug-likeness (QED) is 0.855. The Hall–Kier alpha value is -1.68. The maximum Gasteiger partial charge on any atom is 0.136 e. The van der Waals surface area contributed by atoms with Crippen LogP contribution in [0.1, 0.15) is 25.5 Å². The normalized spacial score (nSPS) is 11.0. The van der Waals surface area contributed by atoms with Crippen LogP contribution in [0.15, 0.2) is 30.6 Å². The molecule has 0 aliphatic heterocycles. The Labute approximate surface area is 94.6 Å². The third-order valence-corrected chi connectivity index (χ3v) is 2.51. The van der Waals surface area contributed by atoms with Crippen LogP contribution >= 0.6 is 0 Å². The number of aliphatic hydroxyl groups is 1. The van der Waals surface area contributed by atoms with Gasteiger partial charge in [-0.2, -0.15) is 5.10 Å². The van der Waals surface area contributed by atoms with Gasteiger partial charge in [-0.3, -0.25) is 4.98 Å². The highest BCUT2D eigenvalue weighted by molar-refractivity contribution is 5.58. The zero-order valence-electron chi connectivity index (χ0n) is 9.46. The van der Waals surface area contributed by atoms with Crippen molar-refractivity contribution in [3.8, 4) is 11.3 Å². The molecule has 0 aliphatic rings. The Kier molecular flexibility index (Phi) is 3.01. The van der Waals surface area contributed by atoms with Crippen molar-refractivity contribution in [1.82, 2.24) is 14.8 Å². The van der Waals surface area contributed by atoms with E-state index in [1.54, 1.807) is 17.1 Å². The second kappa shape index (κ2) is 4.45. The summed E-state index contributed by atoms with van der Waals surface area (Å²) in [6.45, 7) is 4.08. The van der Waals surface area contributed by atoms with Crippen molar-refractivity contribution in [2.45, 2.75) is 26.5 Å². The summed E-state index contributed by atoms with van der Waals surface area (Å²) in [6.07, 6.45) is 3.48. The van der Waals surface area contributed by atoms with Crippen molar-refractivity contribution in [1.29, 1.82) is 0 Å². The minimum atomic E-state index is -0.0847.